The summed E-state index contributed by atoms with van der Waals surface area (Å²) in [5.74, 6) is -4.16. The summed E-state index contributed by atoms with van der Waals surface area (Å²) < 4.78 is 56.7. The van der Waals surface area contributed by atoms with Crippen molar-refractivity contribution in [1.82, 2.24) is 10.1 Å². The lowest BCUT2D eigenvalue weighted by Gasteiger charge is -2.01. The van der Waals surface area contributed by atoms with E-state index in [9.17, 15) is 22.4 Å². The van der Waals surface area contributed by atoms with Gasteiger partial charge < -0.3 is 15.1 Å². The Morgan fingerprint density at radius 3 is 2.32 bits per heavy atom. The second-order valence-corrected chi connectivity index (χ2v) is 6.00. The molecule has 13 heteroatoms. The third kappa shape index (κ3) is 6.93. The summed E-state index contributed by atoms with van der Waals surface area (Å²) in [6, 6.07) is 5.66. The summed E-state index contributed by atoms with van der Waals surface area (Å²) in [5.41, 5.74) is 4.96. The lowest BCUT2D eigenvalue weighted by molar-refractivity contribution is -0.140. The Kier molecular flexibility index (Phi) is 8.76. The number of carbonyl (C=O) groups excluding carboxylic acids is 1. The van der Waals surface area contributed by atoms with Crippen LogP contribution in [0.5, 0.6) is 0 Å². The molecule has 7 nitrogen and oxygen atoms in total. The summed E-state index contributed by atoms with van der Waals surface area (Å²) in [4.78, 5) is 18.6. The number of benzene rings is 2. The van der Waals surface area contributed by atoms with E-state index in [0.717, 1.165) is 36.4 Å². The highest BCUT2D eigenvalue weighted by Crippen LogP contribution is 2.21. The third-order valence-corrected chi connectivity index (χ3v) is 3.76. The fourth-order valence-corrected chi connectivity index (χ4v) is 2.11. The minimum Gasteiger partial charge on any atom is -0.380 e. The van der Waals surface area contributed by atoms with Crippen LogP contribution in [0.3, 0.4) is 0 Å². The summed E-state index contributed by atoms with van der Waals surface area (Å²) in [6.45, 7) is 0. The fourth-order valence-electron chi connectivity index (χ4n) is 1.95. The van der Waals surface area contributed by atoms with Gasteiger partial charge in [0.05, 0.1) is 11.1 Å². The monoisotopic (exact) mass is 478 g/mol. The van der Waals surface area contributed by atoms with E-state index in [0.29, 0.717) is 0 Å². The van der Waals surface area contributed by atoms with Gasteiger partial charge in [0, 0.05) is 0 Å². The van der Waals surface area contributed by atoms with Crippen molar-refractivity contribution >= 4 is 35.0 Å². The Morgan fingerprint density at radius 2 is 1.71 bits per heavy atom. The number of carbonyl (C=O) groups is 1. The lowest BCUT2D eigenvalue weighted by Crippen LogP contribution is -2.17. The first kappa shape index (κ1) is 24.1. The minimum absolute atomic E-state index is 0.0114. The zero-order chi connectivity index (χ0) is 23.0. The quantitative estimate of drug-likeness (QED) is 0.148. The topological polar surface area (TPSA) is 104 Å². The fraction of sp³-hybridized carbons (Fsp3) is 0.111. The van der Waals surface area contributed by atoms with Crippen molar-refractivity contribution in [2.45, 2.75) is 5.88 Å². The maximum atomic E-state index is 13.2. The first-order chi connectivity index (χ1) is 14.7. The normalized spacial score (nSPS) is 11.0. The first-order valence-electron chi connectivity index (χ1n) is 8.13. The molecule has 3 aromatic rings. The van der Waals surface area contributed by atoms with E-state index in [1.165, 1.54) is 0 Å². The number of amidine groups is 1. The van der Waals surface area contributed by atoms with Gasteiger partial charge in [-0.05, 0) is 36.4 Å². The molecule has 0 fully saturated rings. The molecule has 0 atom stereocenters. The van der Waals surface area contributed by atoms with E-state index in [1.54, 1.807) is 0 Å². The molecule has 0 aliphatic heterocycles. The number of rotatable bonds is 5. The standard InChI is InChI=1S/C9H7ClF2N2O2.C9H5ClF2N2O/c10-4-8(15)16-14-9(13)6-3-5(11)1-2-7(6)12;10-4-8-13-9(14-15-8)6-3-5(11)1-2-7(6)12/h1-3H,4H2,(H2,13,14);1-3H,4H2. The van der Waals surface area contributed by atoms with Crippen molar-refractivity contribution in [3.05, 3.63) is 71.1 Å². The number of hydrogen-bond donors (Lipinski definition) is 1. The van der Waals surface area contributed by atoms with Crippen LogP contribution in [-0.4, -0.2) is 27.8 Å². The molecule has 164 valence electrons. The van der Waals surface area contributed by atoms with Crippen LogP contribution in [0.25, 0.3) is 11.4 Å². The number of hydrogen-bond acceptors (Lipinski definition) is 6. The van der Waals surface area contributed by atoms with E-state index in [1.807, 2.05) is 0 Å². The highest BCUT2D eigenvalue weighted by Gasteiger charge is 2.13. The molecule has 0 amide bonds. The van der Waals surface area contributed by atoms with Gasteiger partial charge in [0.2, 0.25) is 11.7 Å². The maximum Gasteiger partial charge on any atom is 0.349 e. The molecule has 0 saturated carbocycles. The second kappa shape index (κ2) is 11.3. The van der Waals surface area contributed by atoms with Gasteiger partial charge in [-0.2, -0.15) is 4.98 Å². The van der Waals surface area contributed by atoms with Crippen LogP contribution >= 0.6 is 23.2 Å². The molecule has 1 heterocycles. The number of aromatic nitrogens is 2. The van der Waals surface area contributed by atoms with Crippen molar-refractivity contribution in [3.63, 3.8) is 0 Å². The van der Waals surface area contributed by atoms with Crippen molar-refractivity contribution < 1.29 is 31.7 Å². The molecule has 31 heavy (non-hydrogen) atoms. The van der Waals surface area contributed by atoms with Crippen LogP contribution in [-0.2, 0) is 15.5 Å². The lowest BCUT2D eigenvalue weighted by atomic mass is 10.2. The second-order valence-electron chi connectivity index (χ2n) is 5.47. The van der Waals surface area contributed by atoms with Gasteiger partial charge in [0.25, 0.3) is 0 Å². The first-order valence-corrected chi connectivity index (χ1v) is 9.20. The third-order valence-electron chi connectivity index (χ3n) is 3.31. The van der Waals surface area contributed by atoms with Crippen LogP contribution in [0.1, 0.15) is 11.5 Å². The Balaban J connectivity index is 0.000000220. The van der Waals surface area contributed by atoms with Crippen LogP contribution < -0.4 is 5.73 Å². The van der Waals surface area contributed by atoms with Gasteiger partial charge in [-0.1, -0.05) is 10.3 Å². The number of halogens is 6. The zero-order valence-electron chi connectivity index (χ0n) is 15.3. The Bertz CT molecular complexity index is 1100. The molecule has 0 radical (unpaired) electrons. The van der Waals surface area contributed by atoms with Crippen molar-refractivity contribution in [2.24, 2.45) is 10.9 Å². The molecule has 0 spiro atoms. The van der Waals surface area contributed by atoms with Crippen LogP contribution in [0.4, 0.5) is 17.6 Å². The smallest absolute Gasteiger partial charge is 0.349 e. The Labute approximate surface area is 182 Å². The molecular formula is C18H12Cl2F4N4O3. The van der Waals surface area contributed by atoms with E-state index < -0.39 is 41.0 Å². The summed E-state index contributed by atoms with van der Waals surface area (Å²) in [7, 11) is 0. The molecule has 0 aliphatic rings. The summed E-state index contributed by atoms with van der Waals surface area (Å²) in [6.07, 6.45) is 0. The van der Waals surface area contributed by atoms with Crippen LogP contribution in [0.2, 0.25) is 0 Å². The Hall–Kier alpha value is -3.18. The predicted octanol–water partition coefficient (Wildman–Crippen LogP) is 4.12. The zero-order valence-corrected chi connectivity index (χ0v) is 16.8. The SMILES string of the molecule is Fc1ccc(F)c(-c2noc(CCl)n2)c1.NC(=NOC(=O)CCl)c1cc(F)ccc1F. The van der Waals surface area contributed by atoms with Gasteiger partial charge in [0.15, 0.2) is 5.84 Å². The molecule has 1 aromatic heterocycles. The molecule has 0 bridgehead atoms. The number of alkyl halides is 2. The van der Waals surface area contributed by atoms with Crippen molar-refractivity contribution in [3.8, 4) is 11.4 Å². The number of oxime groups is 1. The van der Waals surface area contributed by atoms with Gasteiger partial charge in [-0.25, -0.2) is 22.4 Å². The van der Waals surface area contributed by atoms with Crippen LogP contribution in [0, 0.1) is 23.3 Å². The highest BCUT2D eigenvalue weighted by atomic mass is 35.5. The number of nitrogens with zero attached hydrogens (tertiary/aromatic N) is 3. The van der Waals surface area contributed by atoms with Crippen LogP contribution in [0.15, 0.2) is 46.1 Å². The minimum atomic E-state index is -0.846. The van der Waals surface area contributed by atoms with Gasteiger partial charge in [0.1, 0.15) is 35.0 Å². The van der Waals surface area contributed by atoms with Gasteiger partial charge in [-0.3, -0.25) is 0 Å². The largest absolute Gasteiger partial charge is 0.380 e. The maximum absolute atomic E-state index is 13.2. The number of nitrogens with two attached hydrogens (primary N) is 1. The van der Waals surface area contributed by atoms with Crippen molar-refractivity contribution in [1.29, 1.82) is 0 Å². The molecule has 0 aliphatic carbocycles. The molecule has 2 N–H and O–H groups in total. The van der Waals surface area contributed by atoms with E-state index in [-0.39, 0.29) is 28.7 Å². The Morgan fingerprint density at radius 1 is 1.06 bits per heavy atom. The van der Waals surface area contributed by atoms with E-state index in [4.69, 9.17) is 28.9 Å². The predicted molar refractivity (Wildman–Crippen MR) is 103 cm³/mol. The van der Waals surface area contributed by atoms with Crippen molar-refractivity contribution in [2.75, 3.05) is 5.88 Å². The summed E-state index contributed by atoms with van der Waals surface area (Å²) in [5, 5.41) is 6.60. The molecule has 2 aromatic carbocycles. The van der Waals surface area contributed by atoms with Gasteiger partial charge >= 0.3 is 5.97 Å². The average molecular weight is 479 g/mol. The molecular weight excluding hydrogens is 467 g/mol. The van der Waals surface area contributed by atoms with Gasteiger partial charge in [-0.15, -0.1) is 23.2 Å². The average Bonchev–Trinajstić information content (AvgIpc) is 3.24. The highest BCUT2D eigenvalue weighted by molar-refractivity contribution is 6.26. The molecule has 0 saturated heterocycles. The van der Waals surface area contributed by atoms with E-state index in [2.05, 4.69) is 24.7 Å². The summed E-state index contributed by atoms with van der Waals surface area (Å²) >= 11 is 10.6. The molecule has 3 rings (SSSR count). The van der Waals surface area contributed by atoms with E-state index >= 15 is 0 Å². The molecule has 0 unspecified atom stereocenters.